The van der Waals surface area contributed by atoms with E-state index < -0.39 is 5.97 Å². The summed E-state index contributed by atoms with van der Waals surface area (Å²) in [5.41, 5.74) is 0. The van der Waals surface area contributed by atoms with Crippen LogP contribution in [0.4, 0.5) is 0 Å². The van der Waals surface area contributed by atoms with Crippen molar-refractivity contribution in [1.82, 2.24) is 10.6 Å². The SMILES string of the molecule is O=C(O)C[C@@H]1CNCC(=O)N1. The molecule has 0 radical (unpaired) electrons. The molecule has 11 heavy (non-hydrogen) atoms. The number of carbonyl (C=O) groups is 2. The molecule has 1 atom stereocenters. The van der Waals surface area contributed by atoms with Crippen molar-refractivity contribution in [3.8, 4) is 0 Å². The van der Waals surface area contributed by atoms with Gasteiger partial charge in [0, 0.05) is 6.54 Å². The highest BCUT2D eigenvalue weighted by atomic mass is 16.4. The van der Waals surface area contributed by atoms with Crippen molar-refractivity contribution in [2.75, 3.05) is 13.1 Å². The summed E-state index contributed by atoms with van der Waals surface area (Å²) in [5, 5.41) is 13.8. The Bertz CT molecular complexity index is 179. The molecule has 0 bridgehead atoms. The van der Waals surface area contributed by atoms with Crippen LogP contribution >= 0.6 is 0 Å². The maximum atomic E-state index is 10.7. The summed E-state index contributed by atoms with van der Waals surface area (Å²) in [4.78, 5) is 20.9. The van der Waals surface area contributed by atoms with Crippen molar-refractivity contribution in [1.29, 1.82) is 0 Å². The molecule has 1 saturated heterocycles. The molecule has 0 spiro atoms. The van der Waals surface area contributed by atoms with Crippen LogP contribution in [0.2, 0.25) is 0 Å². The molecule has 1 aliphatic rings. The Labute approximate surface area is 63.8 Å². The summed E-state index contributed by atoms with van der Waals surface area (Å²) >= 11 is 0. The molecule has 0 aromatic heterocycles. The first kappa shape index (κ1) is 8.00. The number of carbonyl (C=O) groups excluding carboxylic acids is 1. The van der Waals surface area contributed by atoms with Gasteiger partial charge in [0.2, 0.25) is 5.91 Å². The van der Waals surface area contributed by atoms with E-state index in [9.17, 15) is 9.59 Å². The van der Waals surface area contributed by atoms with Gasteiger partial charge in [-0.2, -0.15) is 0 Å². The Morgan fingerprint density at radius 2 is 2.45 bits per heavy atom. The van der Waals surface area contributed by atoms with E-state index in [1.54, 1.807) is 0 Å². The number of nitrogens with one attached hydrogen (secondary N) is 2. The monoisotopic (exact) mass is 158 g/mol. The Kier molecular flexibility index (Phi) is 2.43. The minimum absolute atomic E-state index is 0.0151. The fourth-order valence-corrected chi connectivity index (χ4v) is 1.02. The largest absolute Gasteiger partial charge is 0.481 e. The predicted molar refractivity (Wildman–Crippen MR) is 37.1 cm³/mol. The first-order chi connectivity index (χ1) is 5.18. The van der Waals surface area contributed by atoms with Crippen LogP contribution in [-0.2, 0) is 9.59 Å². The lowest BCUT2D eigenvalue weighted by Crippen LogP contribution is -2.52. The molecule has 62 valence electrons. The number of amides is 1. The Morgan fingerprint density at radius 1 is 1.73 bits per heavy atom. The average Bonchev–Trinajstić information content (AvgIpc) is 1.85. The van der Waals surface area contributed by atoms with Crippen LogP contribution in [0.25, 0.3) is 0 Å². The third-order valence-corrected chi connectivity index (χ3v) is 1.46. The van der Waals surface area contributed by atoms with E-state index in [-0.39, 0.29) is 24.9 Å². The highest BCUT2D eigenvalue weighted by Crippen LogP contribution is 1.93. The van der Waals surface area contributed by atoms with E-state index in [2.05, 4.69) is 10.6 Å². The number of piperazine rings is 1. The summed E-state index contributed by atoms with van der Waals surface area (Å²) in [5.74, 6) is -1.03. The van der Waals surface area contributed by atoms with E-state index in [0.717, 1.165) is 0 Å². The molecule has 5 nitrogen and oxygen atoms in total. The molecule has 0 saturated carbocycles. The second-order valence-electron chi connectivity index (χ2n) is 2.49. The molecule has 1 amide bonds. The van der Waals surface area contributed by atoms with Crippen LogP contribution in [0.1, 0.15) is 6.42 Å². The third kappa shape index (κ3) is 2.55. The van der Waals surface area contributed by atoms with Crippen LogP contribution in [0.3, 0.4) is 0 Å². The lowest BCUT2D eigenvalue weighted by molar-refractivity contribution is -0.137. The van der Waals surface area contributed by atoms with Crippen LogP contribution in [0, 0.1) is 0 Å². The molecule has 1 rings (SSSR count). The molecule has 1 aliphatic heterocycles. The van der Waals surface area contributed by atoms with Gasteiger partial charge >= 0.3 is 5.97 Å². The maximum Gasteiger partial charge on any atom is 0.305 e. The Hall–Kier alpha value is -1.10. The smallest absolute Gasteiger partial charge is 0.305 e. The zero-order chi connectivity index (χ0) is 8.27. The second kappa shape index (κ2) is 3.34. The summed E-state index contributed by atoms with van der Waals surface area (Å²) in [6.45, 7) is 0.828. The van der Waals surface area contributed by atoms with Crippen molar-refractivity contribution in [2.24, 2.45) is 0 Å². The quantitative estimate of drug-likeness (QED) is 0.459. The molecule has 0 unspecified atom stereocenters. The topological polar surface area (TPSA) is 78.4 Å². The van der Waals surface area contributed by atoms with Crippen molar-refractivity contribution in [2.45, 2.75) is 12.5 Å². The molecule has 0 aliphatic carbocycles. The number of carboxylic acids is 1. The molecular formula is C6H10N2O3. The van der Waals surface area contributed by atoms with E-state index in [1.165, 1.54) is 0 Å². The van der Waals surface area contributed by atoms with Crippen molar-refractivity contribution in [3.05, 3.63) is 0 Å². The van der Waals surface area contributed by atoms with Gasteiger partial charge in [0.25, 0.3) is 0 Å². The zero-order valence-corrected chi connectivity index (χ0v) is 5.96. The van der Waals surface area contributed by atoms with Gasteiger partial charge in [-0.25, -0.2) is 0 Å². The summed E-state index contributed by atoms with van der Waals surface area (Å²) in [6.07, 6.45) is -0.0151. The van der Waals surface area contributed by atoms with Gasteiger partial charge < -0.3 is 15.7 Å². The fraction of sp³-hybridized carbons (Fsp3) is 0.667. The molecule has 3 N–H and O–H groups in total. The van der Waals surface area contributed by atoms with Gasteiger partial charge in [-0.1, -0.05) is 0 Å². The normalized spacial score (nSPS) is 24.4. The van der Waals surface area contributed by atoms with Gasteiger partial charge in [0.05, 0.1) is 19.0 Å². The van der Waals surface area contributed by atoms with Gasteiger partial charge in [0.1, 0.15) is 0 Å². The third-order valence-electron chi connectivity index (χ3n) is 1.46. The lowest BCUT2D eigenvalue weighted by atomic mass is 10.2. The zero-order valence-electron chi connectivity index (χ0n) is 5.96. The van der Waals surface area contributed by atoms with E-state index >= 15 is 0 Å². The van der Waals surface area contributed by atoms with Gasteiger partial charge in [-0.15, -0.1) is 0 Å². The van der Waals surface area contributed by atoms with Crippen LogP contribution in [-0.4, -0.2) is 36.1 Å². The second-order valence-corrected chi connectivity index (χ2v) is 2.49. The fourth-order valence-electron chi connectivity index (χ4n) is 1.02. The molecular weight excluding hydrogens is 148 g/mol. The van der Waals surface area contributed by atoms with Gasteiger partial charge in [-0.3, -0.25) is 9.59 Å². The first-order valence-corrected chi connectivity index (χ1v) is 3.40. The molecule has 1 fully saturated rings. The maximum absolute atomic E-state index is 10.7. The van der Waals surface area contributed by atoms with E-state index in [4.69, 9.17) is 5.11 Å². The highest BCUT2D eigenvalue weighted by molar-refractivity contribution is 5.80. The minimum Gasteiger partial charge on any atom is -0.481 e. The first-order valence-electron chi connectivity index (χ1n) is 3.40. The van der Waals surface area contributed by atoms with Crippen LogP contribution in [0.15, 0.2) is 0 Å². The molecule has 5 heteroatoms. The predicted octanol–water partition coefficient (Wildman–Crippen LogP) is -1.45. The van der Waals surface area contributed by atoms with Crippen molar-refractivity contribution in [3.63, 3.8) is 0 Å². The van der Waals surface area contributed by atoms with Crippen LogP contribution < -0.4 is 10.6 Å². The minimum atomic E-state index is -0.890. The number of hydrogen-bond donors (Lipinski definition) is 3. The molecule has 1 heterocycles. The number of rotatable bonds is 2. The van der Waals surface area contributed by atoms with Crippen LogP contribution in [0.5, 0.6) is 0 Å². The lowest BCUT2D eigenvalue weighted by Gasteiger charge is -2.22. The molecule has 0 aromatic rings. The van der Waals surface area contributed by atoms with Crippen molar-refractivity contribution < 1.29 is 14.7 Å². The Balaban J connectivity index is 2.34. The average molecular weight is 158 g/mol. The summed E-state index contributed by atoms with van der Waals surface area (Å²) in [7, 11) is 0. The standard InChI is InChI=1S/C6H10N2O3/c9-5-3-7-2-4(8-5)1-6(10)11/h4,7H,1-3H2,(H,8,9)(H,10,11)/t4-/m1/s1. The highest BCUT2D eigenvalue weighted by Gasteiger charge is 2.19. The Morgan fingerprint density at radius 3 is 3.00 bits per heavy atom. The molecule has 0 aromatic carbocycles. The van der Waals surface area contributed by atoms with Gasteiger partial charge in [0.15, 0.2) is 0 Å². The van der Waals surface area contributed by atoms with E-state index in [1.807, 2.05) is 0 Å². The summed E-state index contributed by atoms with van der Waals surface area (Å²) in [6, 6.07) is -0.256. The number of hydrogen-bond acceptors (Lipinski definition) is 3. The number of carboxylic acid groups (broad SMARTS) is 1. The van der Waals surface area contributed by atoms with E-state index in [0.29, 0.717) is 6.54 Å². The van der Waals surface area contributed by atoms with Gasteiger partial charge in [-0.05, 0) is 0 Å². The number of aliphatic carboxylic acids is 1. The van der Waals surface area contributed by atoms with Crippen molar-refractivity contribution >= 4 is 11.9 Å². The summed E-state index contributed by atoms with van der Waals surface area (Å²) < 4.78 is 0.